The van der Waals surface area contributed by atoms with Gasteiger partial charge in [0.05, 0.1) is 32.7 Å². The van der Waals surface area contributed by atoms with Crippen molar-refractivity contribution in [3.8, 4) is 0 Å². The quantitative estimate of drug-likeness (QED) is 0.639. The van der Waals surface area contributed by atoms with Crippen LogP contribution in [-0.2, 0) is 20.6 Å². The summed E-state index contributed by atoms with van der Waals surface area (Å²) >= 11 is 0. The number of fused-ring (bicyclic) bond motifs is 1. The summed E-state index contributed by atoms with van der Waals surface area (Å²) in [7, 11) is 3.09. The molecule has 2 N–H and O–H groups in total. The van der Waals surface area contributed by atoms with Crippen LogP contribution >= 0.6 is 0 Å². The minimum Gasteiger partial charge on any atom is -0.343 e. The molecule has 9 heteroatoms. The third kappa shape index (κ3) is 2.93. The van der Waals surface area contributed by atoms with Crippen molar-refractivity contribution in [1.29, 1.82) is 0 Å². The van der Waals surface area contributed by atoms with Gasteiger partial charge < -0.3 is 10.2 Å². The Bertz CT molecular complexity index is 1110. The Morgan fingerprint density at radius 2 is 1.74 bits per heavy atom. The lowest BCUT2D eigenvalue weighted by atomic mass is 10.2. The van der Waals surface area contributed by atoms with E-state index in [0.29, 0.717) is 23.7 Å². The third-order valence-electron chi connectivity index (χ3n) is 5.07. The highest BCUT2D eigenvalue weighted by Crippen LogP contribution is 2.21. The van der Waals surface area contributed by atoms with E-state index < -0.39 is 5.69 Å². The van der Waals surface area contributed by atoms with E-state index in [1.807, 2.05) is 4.57 Å². The minimum absolute atomic E-state index is 0.306. The molecule has 0 unspecified atom stereocenters. The zero-order valence-electron chi connectivity index (χ0n) is 15.4. The zero-order chi connectivity index (χ0) is 19.1. The lowest BCUT2D eigenvalue weighted by Gasteiger charge is -2.26. The van der Waals surface area contributed by atoms with Gasteiger partial charge in [-0.25, -0.2) is 9.18 Å². The Hall–Kier alpha value is -2.94. The normalized spacial score (nSPS) is 14.9. The molecule has 0 radical (unpaired) electrons. The highest BCUT2D eigenvalue weighted by atomic mass is 19.1. The number of anilines is 1. The second-order valence-corrected chi connectivity index (χ2v) is 6.86. The molecule has 3 aromatic rings. The number of piperazine rings is 1. The molecule has 1 aliphatic rings. The van der Waals surface area contributed by atoms with Crippen LogP contribution in [0, 0.1) is 5.82 Å². The number of halogens is 1. The van der Waals surface area contributed by atoms with Crippen molar-refractivity contribution in [3.63, 3.8) is 0 Å². The molecule has 8 nitrogen and oxygen atoms in total. The summed E-state index contributed by atoms with van der Waals surface area (Å²) in [5.74, 6) is 0.361. The summed E-state index contributed by atoms with van der Waals surface area (Å²) in [4.78, 5) is 32.0. The fourth-order valence-corrected chi connectivity index (χ4v) is 3.55. The van der Waals surface area contributed by atoms with Crippen LogP contribution in [0.2, 0.25) is 0 Å². The molecule has 0 spiro atoms. The van der Waals surface area contributed by atoms with E-state index in [4.69, 9.17) is 0 Å². The van der Waals surface area contributed by atoms with Crippen LogP contribution in [0.25, 0.3) is 11.2 Å². The highest BCUT2D eigenvalue weighted by Gasteiger charge is 2.24. The molecule has 1 fully saturated rings. The molecule has 0 amide bonds. The van der Waals surface area contributed by atoms with E-state index in [2.05, 4.69) is 15.2 Å². The third-order valence-corrected chi connectivity index (χ3v) is 5.07. The first-order valence-electron chi connectivity index (χ1n) is 8.94. The van der Waals surface area contributed by atoms with Crippen molar-refractivity contribution in [3.05, 3.63) is 56.5 Å². The summed E-state index contributed by atoms with van der Waals surface area (Å²) in [5, 5.41) is 2.23. The molecule has 0 atom stereocenters. The average molecular weight is 373 g/mol. The number of hydrogen-bond acceptors (Lipinski definition) is 4. The van der Waals surface area contributed by atoms with Crippen LogP contribution in [0.5, 0.6) is 0 Å². The smallest absolute Gasteiger partial charge is 0.332 e. The van der Waals surface area contributed by atoms with Gasteiger partial charge in [-0.05, 0) is 17.7 Å². The topological polar surface area (TPSA) is 81.7 Å². The van der Waals surface area contributed by atoms with E-state index in [1.165, 1.54) is 23.7 Å². The molecule has 3 heterocycles. The standard InChI is InChI=1S/C18H21FN6O2/c1-22-15-14(16(26)23(2)18(22)27)25(11-12-3-5-13(19)6-4-12)17(21-15)24-9-7-20-8-10-24/h3-6,20H,7-11H2,1-2H3/p+1. The fraction of sp³-hybridized carbons (Fsp3) is 0.389. The van der Waals surface area contributed by atoms with E-state index >= 15 is 0 Å². The number of benzene rings is 1. The second-order valence-electron chi connectivity index (χ2n) is 6.86. The highest BCUT2D eigenvalue weighted by molar-refractivity contribution is 5.74. The van der Waals surface area contributed by atoms with Crippen molar-refractivity contribution in [2.24, 2.45) is 14.1 Å². The van der Waals surface area contributed by atoms with Gasteiger partial charge in [-0.3, -0.25) is 18.5 Å². The molecule has 1 aromatic carbocycles. The van der Waals surface area contributed by atoms with Gasteiger partial charge in [0.1, 0.15) is 5.82 Å². The van der Waals surface area contributed by atoms with Crippen molar-refractivity contribution in [2.45, 2.75) is 6.54 Å². The van der Waals surface area contributed by atoms with Gasteiger partial charge in [0.15, 0.2) is 11.2 Å². The molecule has 1 aliphatic heterocycles. The van der Waals surface area contributed by atoms with E-state index in [1.54, 1.807) is 19.2 Å². The molecule has 0 saturated carbocycles. The van der Waals surface area contributed by atoms with Gasteiger partial charge in [-0.2, -0.15) is 4.98 Å². The Labute approximate surface area is 154 Å². The minimum atomic E-state index is -0.405. The summed E-state index contributed by atoms with van der Waals surface area (Å²) in [6.45, 7) is 3.87. The Morgan fingerprint density at radius 1 is 1.07 bits per heavy atom. The first-order valence-corrected chi connectivity index (χ1v) is 8.94. The first-order chi connectivity index (χ1) is 13.0. The number of quaternary nitrogens is 1. The SMILES string of the molecule is Cn1c(=O)c2c(nc(N3CC[NH2+]CC3)n2Cc2ccc(F)cc2)n(C)c1=O. The molecular weight excluding hydrogens is 351 g/mol. The summed E-state index contributed by atoms with van der Waals surface area (Å²) in [5.41, 5.74) is 0.828. The maximum atomic E-state index is 13.3. The number of nitrogens with two attached hydrogens (primary N) is 1. The number of aryl methyl sites for hydroxylation is 1. The lowest BCUT2D eigenvalue weighted by molar-refractivity contribution is -0.655. The van der Waals surface area contributed by atoms with E-state index in [-0.39, 0.29) is 11.4 Å². The molecule has 4 rings (SSSR count). The van der Waals surface area contributed by atoms with Crippen molar-refractivity contribution >= 4 is 17.1 Å². The summed E-state index contributed by atoms with van der Waals surface area (Å²) in [6.07, 6.45) is 0. The fourth-order valence-electron chi connectivity index (χ4n) is 3.55. The van der Waals surface area contributed by atoms with Gasteiger partial charge in [-0.1, -0.05) is 12.1 Å². The zero-order valence-corrected chi connectivity index (χ0v) is 15.4. The molecule has 1 saturated heterocycles. The monoisotopic (exact) mass is 373 g/mol. The summed E-state index contributed by atoms with van der Waals surface area (Å²) < 4.78 is 17.6. The predicted octanol–water partition coefficient (Wildman–Crippen LogP) is -0.995. The molecular formula is C18H22FN6O2+. The van der Waals surface area contributed by atoms with Crippen LogP contribution in [0.3, 0.4) is 0 Å². The van der Waals surface area contributed by atoms with E-state index in [0.717, 1.165) is 36.3 Å². The van der Waals surface area contributed by atoms with Crippen molar-refractivity contribution in [2.75, 3.05) is 31.1 Å². The Kier molecular flexibility index (Phi) is 4.31. The predicted molar refractivity (Wildman–Crippen MR) is 99.6 cm³/mol. The maximum Gasteiger partial charge on any atom is 0.332 e. The second kappa shape index (κ2) is 6.66. The maximum absolute atomic E-state index is 13.3. The Morgan fingerprint density at radius 3 is 2.41 bits per heavy atom. The van der Waals surface area contributed by atoms with Crippen LogP contribution in [0.1, 0.15) is 5.56 Å². The van der Waals surface area contributed by atoms with Crippen LogP contribution < -0.4 is 21.5 Å². The summed E-state index contributed by atoms with van der Waals surface area (Å²) in [6, 6.07) is 6.19. The van der Waals surface area contributed by atoms with Gasteiger partial charge >= 0.3 is 5.69 Å². The van der Waals surface area contributed by atoms with E-state index in [9.17, 15) is 14.0 Å². The lowest BCUT2D eigenvalue weighted by Crippen LogP contribution is -2.89. The number of aromatic nitrogens is 4. The molecule has 27 heavy (non-hydrogen) atoms. The van der Waals surface area contributed by atoms with Crippen molar-refractivity contribution < 1.29 is 9.71 Å². The van der Waals surface area contributed by atoms with Gasteiger partial charge in [0.25, 0.3) is 5.56 Å². The number of hydrogen-bond donors (Lipinski definition) is 1. The molecule has 2 aromatic heterocycles. The van der Waals surface area contributed by atoms with Crippen LogP contribution in [0.4, 0.5) is 10.3 Å². The average Bonchev–Trinajstić information content (AvgIpc) is 3.06. The first kappa shape index (κ1) is 17.5. The Balaban J connectivity index is 1.95. The number of rotatable bonds is 3. The largest absolute Gasteiger partial charge is 0.343 e. The van der Waals surface area contributed by atoms with Gasteiger partial charge in [0, 0.05) is 14.1 Å². The molecule has 0 bridgehead atoms. The van der Waals surface area contributed by atoms with Gasteiger partial charge in [-0.15, -0.1) is 0 Å². The van der Waals surface area contributed by atoms with Gasteiger partial charge in [0.2, 0.25) is 5.95 Å². The number of imidazole rings is 1. The van der Waals surface area contributed by atoms with Crippen LogP contribution in [-0.4, -0.2) is 44.9 Å². The van der Waals surface area contributed by atoms with Crippen molar-refractivity contribution in [1.82, 2.24) is 18.7 Å². The number of nitrogens with zero attached hydrogens (tertiary/aromatic N) is 5. The van der Waals surface area contributed by atoms with Crippen LogP contribution in [0.15, 0.2) is 33.9 Å². The molecule has 0 aliphatic carbocycles. The molecule has 142 valence electrons.